The van der Waals surface area contributed by atoms with E-state index in [4.69, 9.17) is 9.98 Å². The second-order valence-corrected chi connectivity index (χ2v) is 10.8. The van der Waals surface area contributed by atoms with Crippen LogP contribution in [0.2, 0.25) is 0 Å². The molecule has 6 aromatic rings. The Labute approximate surface area is 262 Å². The molecular weight excluding hydrogens is 575 g/mol. The fourth-order valence-corrected chi connectivity index (χ4v) is 5.60. The molecule has 43 heavy (non-hydrogen) atoms. The van der Waals surface area contributed by atoms with E-state index in [9.17, 15) is 10.2 Å². The average Bonchev–Trinajstić information content (AvgIpc) is 3.27. The SMILES string of the molecule is Cc1cccc(C)c1N=C1C(=Nc2c(C)cccc2C)c2cccc3cccc1c23.[Ni+2].[O-]c1cc2ccccc2cc1[O-]. The summed E-state index contributed by atoms with van der Waals surface area (Å²) in [6.07, 6.45) is 0. The Morgan fingerprint density at radius 1 is 0.442 bits per heavy atom. The summed E-state index contributed by atoms with van der Waals surface area (Å²) < 4.78 is 0. The molecule has 5 heteroatoms. The smallest absolute Gasteiger partial charge is 0.873 e. The summed E-state index contributed by atoms with van der Waals surface area (Å²) in [7, 11) is 0. The first-order valence-corrected chi connectivity index (χ1v) is 14.0. The maximum Gasteiger partial charge on any atom is 2.00 e. The van der Waals surface area contributed by atoms with Gasteiger partial charge in [-0.1, -0.05) is 109 Å². The molecule has 0 bridgehead atoms. The molecule has 0 aromatic heterocycles. The second kappa shape index (κ2) is 12.2. The molecule has 0 radical (unpaired) electrons. The summed E-state index contributed by atoms with van der Waals surface area (Å²) in [4.78, 5) is 10.4. The van der Waals surface area contributed by atoms with Crippen LogP contribution in [0.4, 0.5) is 11.4 Å². The molecule has 0 N–H and O–H groups in total. The van der Waals surface area contributed by atoms with Gasteiger partial charge in [-0.3, -0.25) is 0 Å². The average molecular weight is 605 g/mol. The quantitative estimate of drug-likeness (QED) is 0.186. The number of rotatable bonds is 2. The van der Waals surface area contributed by atoms with Gasteiger partial charge in [0, 0.05) is 16.5 Å². The Morgan fingerprint density at radius 2 is 0.791 bits per heavy atom. The van der Waals surface area contributed by atoms with Gasteiger partial charge < -0.3 is 10.2 Å². The number of nitrogens with zero attached hydrogens (tertiary/aromatic N) is 2. The van der Waals surface area contributed by atoms with Crippen molar-refractivity contribution in [2.75, 3.05) is 0 Å². The Balaban J connectivity index is 0.000000238. The number of benzene rings is 6. The van der Waals surface area contributed by atoms with Crippen LogP contribution in [0.25, 0.3) is 21.5 Å². The number of para-hydroxylation sites is 2. The van der Waals surface area contributed by atoms with Gasteiger partial charge in [0.1, 0.15) is 0 Å². The molecule has 1 aliphatic carbocycles. The van der Waals surface area contributed by atoms with Gasteiger partial charge in [0.2, 0.25) is 0 Å². The standard InChI is InChI=1S/C28H24N2.C10H8O2.Ni/c1-17-9-5-10-18(2)25(17)29-27-22-15-7-13-21-14-8-16-23(24(21)22)28(27)30-26-19(3)11-6-12-20(26)4;11-9-5-7-3-1-2-4-8(7)6-10(9)12;/h5-16H,1-4H3;1-6,11-12H;/q;;+2/p-2. The summed E-state index contributed by atoms with van der Waals surface area (Å²) in [6, 6.07) is 35.6. The van der Waals surface area contributed by atoms with Gasteiger partial charge in [-0.15, -0.1) is 11.5 Å². The summed E-state index contributed by atoms with van der Waals surface area (Å²) in [6.45, 7) is 8.49. The van der Waals surface area contributed by atoms with Gasteiger partial charge in [0.05, 0.1) is 22.8 Å². The minimum atomic E-state index is -0.436. The number of fused-ring (bicyclic) bond motifs is 1. The molecule has 0 heterocycles. The predicted octanol–water partition coefficient (Wildman–Crippen LogP) is 8.31. The molecule has 0 saturated carbocycles. The Hall–Kier alpha value is -4.73. The van der Waals surface area contributed by atoms with Crippen LogP contribution in [0.3, 0.4) is 0 Å². The van der Waals surface area contributed by atoms with Crippen molar-refractivity contribution in [1.82, 2.24) is 0 Å². The number of aliphatic imine (C=N–C) groups is 2. The third kappa shape index (κ3) is 5.69. The fraction of sp³-hybridized carbons (Fsp3) is 0.105. The summed E-state index contributed by atoms with van der Waals surface area (Å²) in [5.74, 6) is -0.873. The summed E-state index contributed by atoms with van der Waals surface area (Å²) in [5.41, 5.74) is 11.0. The van der Waals surface area contributed by atoms with Crippen LogP contribution in [0.5, 0.6) is 11.5 Å². The van der Waals surface area contributed by atoms with Crippen LogP contribution in [-0.4, -0.2) is 11.4 Å². The Morgan fingerprint density at radius 3 is 1.19 bits per heavy atom. The molecular formula is C38H30N2NiO2. The van der Waals surface area contributed by atoms with Crippen LogP contribution >= 0.6 is 0 Å². The molecule has 1 aliphatic rings. The van der Waals surface area contributed by atoms with E-state index in [1.807, 2.05) is 24.3 Å². The third-order valence-electron chi connectivity index (χ3n) is 7.78. The van der Waals surface area contributed by atoms with Crippen LogP contribution in [0.15, 0.2) is 119 Å². The molecule has 0 amide bonds. The van der Waals surface area contributed by atoms with Crippen LogP contribution < -0.4 is 10.2 Å². The number of hydrogen-bond acceptors (Lipinski definition) is 4. The zero-order valence-corrected chi connectivity index (χ0v) is 25.4. The van der Waals surface area contributed by atoms with E-state index in [2.05, 4.69) is 100 Å². The molecule has 6 aromatic carbocycles. The summed E-state index contributed by atoms with van der Waals surface area (Å²) in [5, 5.41) is 26.0. The molecule has 7 rings (SSSR count). The van der Waals surface area contributed by atoms with E-state index in [0.29, 0.717) is 0 Å². The van der Waals surface area contributed by atoms with Crippen molar-refractivity contribution in [3.8, 4) is 11.5 Å². The number of aryl methyl sites for hydroxylation is 4. The second-order valence-electron chi connectivity index (χ2n) is 10.8. The maximum absolute atomic E-state index is 10.9. The van der Waals surface area contributed by atoms with E-state index in [1.165, 1.54) is 45.2 Å². The Bertz CT molecular complexity index is 1880. The van der Waals surface area contributed by atoms with Crippen molar-refractivity contribution < 1.29 is 26.7 Å². The minimum Gasteiger partial charge on any atom is -0.873 e. The van der Waals surface area contributed by atoms with E-state index in [0.717, 1.165) is 44.7 Å². The normalized spacial score (nSPS) is 13.7. The Kier molecular flexibility index (Phi) is 8.48. The van der Waals surface area contributed by atoms with Gasteiger partial charge in [0.25, 0.3) is 0 Å². The molecule has 0 unspecified atom stereocenters. The van der Waals surface area contributed by atoms with Crippen molar-refractivity contribution in [3.05, 3.63) is 143 Å². The van der Waals surface area contributed by atoms with E-state index in [-0.39, 0.29) is 16.5 Å². The van der Waals surface area contributed by atoms with Crippen molar-refractivity contribution in [2.24, 2.45) is 9.98 Å². The van der Waals surface area contributed by atoms with Crippen LogP contribution in [-0.2, 0) is 16.5 Å². The van der Waals surface area contributed by atoms with Crippen molar-refractivity contribution in [2.45, 2.75) is 27.7 Å². The number of hydrogen-bond donors (Lipinski definition) is 0. The molecule has 4 nitrogen and oxygen atoms in total. The van der Waals surface area contributed by atoms with Crippen molar-refractivity contribution in [1.29, 1.82) is 0 Å². The molecule has 0 saturated heterocycles. The van der Waals surface area contributed by atoms with Gasteiger partial charge in [-0.2, -0.15) is 0 Å². The predicted molar refractivity (Wildman–Crippen MR) is 171 cm³/mol. The molecule has 0 aliphatic heterocycles. The van der Waals surface area contributed by atoms with Crippen molar-refractivity contribution in [3.63, 3.8) is 0 Å². The van der Waals surface area contributed by atoms with Crippen LogP contribution in [0.1, 0.15) is 33.4 Å². The van der Waals surface area contributed by atoms with Gasteiger partial charge in [-0.25, -0.2) is 9.98 Å². The summed E-state index contributed by atoms with van der Waals surface area (Å²) >= 11 is 0. The van der Waals surface area contributed by atoms with E-state index >= 15 is 0 Å². The molecule has 0 atom stereocenters. The first-order chi connectivity index (χ1) is 20.3. The zero-order valence-electron chi connectivity index (χ0n) is 24.4. The zero-order chi connectivity index (χ0) is 29.4. The minimum absolute atomic E-state index is 0. The first-order valence-electron chi connectivity index (χ1n) is 14.0. The molecule has 0 fully saturated rings. The third-order valence-corrected chi connectivity index (χ3v) is 7.78. The van der Waals surface area contributed by atoms with E-state index < -0.39 is 11.5 Å². The fourth-order valence-electron chi connectivity index (χ4n) is 5.60. The van der Waals surface area contributed by atoms with Crippen LogP contribution in [0, 0.1) is 27.7 Å². The largest absolute Gasteiger partial charge is 2.00 e. The van der Waals surface area contributed by atoms with Gasteiger partial charge in [0.15, 0.2) is 0 Å². The maximum atomic E-state index is 10.9. The first kappa shape index (κ1) is 29.8. The topological polar surface area (TPSA) is 70.8 Å². The van der Waals surface area contributed by atoms with E-state index in [1.54, 1.807) is 0 Å². The molecule has 0 spiro atoms. The van der Waals surface area contributed by atoms with Crippen molar-refractivity contribution >= 4 is 44.3 Å². The van der Waals surface area contributed by atoms with Gasteiger partial charge >= 0.3 is 16.5 Å². The molecule has 214 valence electrons. The monoisotopic (exact) mass is 604 g/mol. The van der Waals surface area contributed by atoms with Gasteiger partial charge in [-0.05, 0) is 66.1 Å².